The quantitative estimate of drug-likeness (QED) is 0.293. The van der Waals surface area contributed by atoms with Gasteiger partial charge in [-0.25, -0.2) is 4.79 Å². The summed E-state index contributed by atoms with van der Waals surface area (Å²) in [5, 5.41) is 11.1. The van der Waals surface area contributed by atoms with Crippen LogP contribution in [0, 0.1) is 6.92 Å². The first-order chi connectivity index (χ1) is 14.8. The first kappa shape index (κ1) is 20.5. The number of hydrogen-bond acceptors (Lipinski definition) is 8. The normalized spacial score (nSPS) is 15.4. The van der Waals surface area contributed by atoms with E-state index >= 15 is 0 Å². The van der Waals surface area contributed by atoms with Crippen LogP contribution in [0.25, 0.3) is 11.0 Å². The lowest BCUT2D eigenvalue weighted by Gasteiger charge is -2.28. The molecular weight excluding hydrogens is 404 g/mol. The summed E-state index contributed by atoms with van der Waals surface area (Å²) >= 11 is 0. The molecule has 0 amide bonds. The average Bonchev–Trinajstić information content (AvgIpc) is 2.71. The second-order valence-corrected chi connectivity index (χ2v) is 7.31. The molecule has 1 aliphatic heterocycles. The van der Waals surface area contributed by atoms with E-state index in [0.717, 1.165) is 0 Å². The van der Waals surface area contributed by atoms with Crippen molar-refractivity contribution in [2.45, 2.75) is 26.2 Å². The largest absolute Gasteiger partial charge is 0.506 e. The van der Waals surface area contributed by atoms with Crippen LogP contribution in [0.2, 0.25) is 0 Å². The van der Waals surface area contributed by atoms with Crippen LogP contribution in [0.5, 0.6) is 23.0 Å². The summed E-state index contributed by atoms with van der Waals surface area (Å²) in [6.07, 6.45) is -0.0788. The minimum Gasteiger partial charge on any atom is -0.506 e. The molecular formula is C23H20O8. The van der Waals surface area contributed by atoms with Gasteiger partial charge >= 0.3 is 11.6 Å². The zero-order chi connectivity index (χ0) is 22.4. The number of benzene rings is 2. The molecule has 160 valence electrons. The first-order valence-corrected chi connectivity index (χ1v) is 9.53. The Bertz CT molecular complexity index is 1300. The van der Waals surface area contributed by atoms with E-state index in [4.69, 9.17) is 18.6 Å². The summed E-state index contributed by atoms with van der Waals surface area (Å²) in [7, 11) is 3.01. The molecule has 1 aromatic heterocycles. The monoisotopic (exact) mass is 424 g/mol. The Morgan fingerprint density at radius 2 is 1.90 bits per heavy atom. The summed E-state index contributed by atoms with van der Waals surface area (Å²) in [6, 6.07) is 6.36. The Balaban J connectivity index is 2.15. The third-order valence-electron chi connectivity index (χ3n) is 5.45. The van der Waals surface area contributed by atoms with E-state index < -0.39 is 29.0 Å². The van der Waals surface area contributed by atoms with Crippen molar-refractivity contribution in [1.29, 1.82) is 0 Å². The zero-order valence-electron chi connectivity index (χ0n) is 17.4. The molecule has 8 nitrogen and oxygen atoms in total. The van der Waals surface area contributed by atoms with E-state index in [0.29, 0.717) is 28.2 Å². The number of esters is 1. The summed E-state index contributed by atoms with van der Waals surface area (Å²) in [4.78, 5) is 37.1. The third kappa shape index (κ3) is 3.20. The highest BCUT2D eigenvalue weighted by molar-refractivity contribution is 6.09. The van der Waals surface area contributed by atoms with Gasteiger partial charge in [0.15, 0.2) is 11.5 Å². The highest BCUT2D eigenvalue weighted by Crippen LogP contribution is 2.51. The molecule has 3 aromatic rings. The second kappa shape index (κ2) is 7.46. The number of phenols is 1. The van der Waals surface area contributed by atoms with Gasteiger partial charge < -0.3 is 23.7 Å². The van der Waals surface area contributed by atoms with Gasteiger partial charge in [0.05, 0.1) is 26.0 Å². The number of carbonyl (C=O) groups is 2. The van der Waals surface area contributed by atoms with E-state index in [1.54, 1.807) is 25.1 Å². The van der Waals surface area contributed by atoms with Gasteiger partial charge in [0.2, 0.25) is 0 Å². The number of ether oxygens (including phenoxy) is 3. The number of methoxy groups -OCH3 is 2. The fraction of sp³-hybridized carbons (Fsp3) is 0.261. The molecule has 0 bridgehead atoms. The SMILES string of the molecule is COc1ccc([C@H]2CC(=O)Oc3c(C(C)=O)c(O)c4c(C)cc(=O)oc4c32)c(OC)c1. The molecule has 2 heterocycles. The van der Waals surface area contributed by atoms with E-state index in [2.05, 4.69) is 0 Å². The molecule has 0 saturated heterocycles. The van der Waals surface area contributed by atoms with Gasteiger partial charge in [0.1, 0.15) is 28.4 Å². The highest BCUT2D eigenvalue weighted by atomic mass is 16.5. The maximum Gasteiger partial charge on any atom is 0.336 e. The molecule has 1 aliphatic rings. The van der Waals surface area contributed by atoms with Gasteiger partial charge in [-0.3, -0.25) is 9.59 Å². The molecule has 31 heavy (non-hydrogen) atoms. The van der Waals surface area contributed by atoms with E-state index in [9.17, 15) is 19.5 Å². The summed E-state index contributed by atoms with van der Waals surface area (Å²) in [5.41, 5.74) is 0.697. The molecule has 1 atom stereocenters. The van der Waals surface area contributed by atoms with Crippen molar-refractivity contribution in [3.05, 3.63) is 56.9 Å². The van der Waals surface area contributed by atoms with Gasteiger partial charge in [0, 0.05) is 29.2 Å². The van der Waals surface area contributed by atoms with Crippen LogP contribution in [0.4, 0.5) is 0 Å². The second-order valence-electron chi connectivity index (χ2n) is 7.31. The fourth-order valence-electron chi connectivity index (χ4n) is 4.11. The van der Waals surface area contributed by atoms with Crippen molar-refractivity contribution < 1.29 is 33.3 Å². The molecule has 0 spiro atoms. The summed E-state index contributed by atoms with van der Waals surface area (Å²) in [5.74, 6) is -1.22. The highest BCUT2D eigenvalue weighted by Gasteiger charge is 2.38. The number of aryl methyl sites for hydroxylation is 1. The van der Waals surface area contributed by atoms with Crippen molar-refractivity contribution in [3.8, 4) is 23.0 Å². The number of rotatable bonds is 4. The smallest absolute Gasteiger partial charge is 0.336 e. The van der Waals surface area contributed by atoms with E-state index in [1.807, 2.05) is 0 Å². The van der Waals surface area contributed by atoms with Crippen molar-refractivity contribution >= 4 is 22.7 Å². The molecule has 0 aliphatic carbocycles. The van der Waals surface area contributed by atoms with Crippen LogP contribution >= 0.6 is 0 Å². The lowest BCUT2D eigenvalue weighted by atomic mass is 9.82. The topological polar surface area (TPSA) is 112 Å². The molecule has 0 radical (unpaired) electrons. The third-order valence-corrected chi connectivity index (χ3v) is 5.45. The van der Waals surface area contributed by atoms with Gasteiger partial charge in [-0.15, -0.1) is 0 Å². The van der Waals surface area contributed by atoms with Crippen molar-refractivity contribution in [2.24, 2.45) is 0 Å². The van der Waals surface area contributed by atoms with Gasteiger partial charge in [0.25, 0.3) is 0 Å². The number of Topliss-reactive ketones (excluding diaryl/α,β-unsaturated/α-hetero) is 1. The maximum atomic E-state index is 12.5. The Morgan fingerprint density at radius 1 is 1.16 bits per heavy atom. The summed E-state index contributed by atoms with van der Waals surface area (Å²) in [6.45, 7) is 2.90. The Kier molecular flexibility index (Phi) is 4.93. The number of phenolic OH excluding ortho intramolecular Hbond substituents is 1. The fourth-order valence-corrected chi connectivity index (χ4v) is 4.11. The minimum absolute atomic E-state index is 0.0675. The number of aromatic hydroxyl groups is 1. The lowest BCUT2D eigenvalue weighted by molar-refractivity contribution is -0.135. The van der Waals surface area contributed by atoms with Gasteiger partial charge in [-0.2, -0.15) is 0 Å². The average molecular weight is 424 g/mol. The first-order valence-electron chi connectivity index (χ1n) is 9.53. The molecule has 0 saturated carbocycles. The van der Waals surface area contributed by atoms with Crippen LogP contribution in [0.3, 0.4) is 0 Å². The van der Waals surface area contributed by atoms with Crippen LogP contribution < -0.4 is 19.8 Å². The predicted molar refractivity (Wildman–Crippen MR) is 111 cm³/mol. The predicted octanol–water partition coefficient (Wildman–Crippen LogP) is 3.47. The number of fused-ring (bicyclic) bond motifs is 3. The maximum absolute atomic E-state index is 12.5. The van der Waals surface area contributed by atoms with Crippen molar-refractivity contribution in [2.75, 3.05) is 14.2 Å². The Morgan fingerprint density at radius 3 is 2.55 bits per heavy atom. The van der Waals surface area contributed by atoms with E-state index in [1.165, 1.54) is 27.2 Å². The molecule has 8 heteroatoms. The van der Waals surface area contributed by atoms with Crippen LogP contribution in [0.1, 0.15) is 46.3 Å². The molecule has 0 unspecified atom stereocenters. The number of ketones is 1. The number of hydrogen-bond donors (Lipinski definition) is 1. The Hall–Kier alpha value is -3.81. The molecule has 1 N–H and O–H groups in total. The molecule has 2 aromatic carbocycles. The number of carbonyl (C=O) groups excluding carboxylic acids is 2. The van der Waals surface area contributed by atoms with E-state index in [-0.39, 0.29) is 28.7 Å². The minimum atomic E-state index is -0.650. The van der Waals surface area contributed by atoms with Crippen molar-refractivity contribution in [1.82, 2.24) is 0 Å². The summed E-state index contributed by atoms with van der Waals surface area (Å²) < 4.78 is 21.7. The van der Waals surface area contributed by atoms with Crippen molar-refractivity contribution in [3.63, 3.8) is 0 Å². The molecule has 4 rings (SSSR count). The Labute approximate surface area is 177 Å². The van der Waals surface area contributed by atoms with Crippen LogP contribution in [-0.2, 0) is 4.79 Å². The van der Waals surface area contributed by atoms with Gasteiger partial charge in [-0.1, -0.05) is 6.07 Å². The lowest BCUT2D eigenvalue weighted by Crippen LogP contribution is -2.24. The standard InChI is InChI=1S/C23H20O8/c1-10-7-16(25)30-22-18(10)21(27)19(11(2)24)23-20(22)14(9-17(26)31-23)13-6-5-12(28-3)8-15(13)29-4/h5-8,14,27H,9H2,1-4H3/t14-/m1/s1. The van der Waals surface area contributed by atoms with Crippen LogP contribution in [-0.4, -0.2) is 31.1 Å². The molecule has 0 fully saturated rings. The van der Waals surface area contributed by atoms with Crippen LogP contribution in [0.15, 0.2) is 33.5 Å². The zero-order valence-corrected chi connectivity index (χ0v) is 17.4. The van der Waals surface area contributed by atoms with Gasteiger partial charge in [-0.05, 0) is 25.5 Å².